The zero-order valence-corrected chi connectivity index (χ0v) is 19.2. The molecule has 0 saturated heterocycles. The lowest BCUT2D eigenvalue weighted by atomic mass is 10.0. The van der Waals surface area contributed by atoms with Crippen molar-refractivity contribution in [2.24, 2.45) is 5.92 Å². The lowest BCUT2D eigenvalue weighted by Gasteiger charge is -2.10. The Bertz CT molecular complexity index is 430. The van der Waals surface area contributed by atoms with Crippen LogP contribution in [-0.2, 0) is 33.3 Å². The maximum absolute atomic E-state index is 13.6. The summed E-state index contributed by atoms with van der Waals surface area (Å²) in [4.78, 5) is 22.9. The number of ketones is 2. The average molecular weight is 437 g/mol. The van der Waals surface area contributed by atoms with E-state index in [0.29, 0.717) is 59.1 Å². The Morgan fingerprint density at radius 2 is 1.30 bits per heavy atom. The minimum absolute atomic E-state index is 0.0150. The van der Waals surface area contributed by atoms with E-state index >= 15 is 0 Å². The molecule has 0 amide bonds. The second-order valence-electron chi connectivity index (χ2n) is 7.67. The van der Waals surface area contributed by atoms with Crippen LogP contribution in [-0.4, -0.2) is 83.3 Å². The second kappa shape index (κ2) is 20.0. The molecule has 0 aliphatic heterocycles. The standard InChI is InChI=1S/C22H41FO7/c1-18(2)22(25)8-7-20(23)16-29-15-14-28-13-12-27-11-10-26-9-5-6-21(24)17-30-19(3)4/h18-20H,5-17H2,1-4H3. The third-order valence-corrected chi connectivity index (χ3v) is 4.08. The van der Waals surface area contributed by atoms with Gasteiger partial charge in [-0.3, -0.25) is 9.59 Å². The Morgan fingerprint density at radius 3 is 1.83 bits per heavy atom. The number of halogens is 1. The third-order valence-electron chi connectivity index (χ3n) is 4.08. The van der Waals surface area contributed by atoms with Crippen LogP contribution >= 0.6 is 0 Å². The Labute approximate surface area is 180 Å². The molecule has 8 heteroatoms. The zero-order chi connectivity index (χ0) is 22.6. The summed E-state index contributed by atoms with van der Waals surface area (Å²) in [5.41, 5.74) is 0. The van der Waals surface area contributed by atoms with Crippen molar-refractivity contribution in [1.82, 2.24) is 0 Å². The van der Waals surface area contributed by atoms with E-state index in [1.54, 1.807) is 0 Å². The van der Waals surface area contributed by atoms with Crippen LogP contribution in [0.4, 0.5) is 4.39 Å². The van der Waals surface area contributed by atoms with Crippen molar-refractivity contribution in [2.75, 3.05) is 59.5 Å². The van der Waals surface area contributed by atoms with Gasteiger partial charge in [-0.15, -0.1) is 0 Å². The van der Waals surface area contributed by atoms with Crippen LogP contribution < -0.4 is 0 Å². The van der Waals surface area contributed by atoms with Crippen molar-refractivity contribution >= 4 is 11.6 Å². The highest BCUT2D eigenvalue weighted by Crippen LogP contribution is 2.07. The maximum Gasteiger partial charge on any atom is 0.158 e. The van der Waals surface area contributed by atoms with Gasteiger partial charge in [-0.2, -0.15) is 0 Å². The maximum atomic E-state index is 13.6. The van der Waals surface area contributed by atoms with Crippen LogP contribution in [0.5, 0.6) is 0 Å². The van der Waals surface area contributed by atoms with Crippen LogP contribution in [0.25, 0.3) is 0 Å². The molecule has 0 aliphatic rings. The Kier molecular flexibility index (Phi) is 19.4. The summed E-state index contributed by atoms with van der Waals surface area (Å²) in [7, 11) is 0. The normalized spacial score (nSPS) is 12.6. The predicted molar refractivity (Wildman–Crippen MR) is 113 cm³/mol. The monoisotopic (exact) mass is 436 g/mol. The topological polar surface area (TPSA) is 80.3 Å². The summed E-state index contributed by atoms with van der Waals surface area (Å²) in [6, 6.07) is 0. The lowest BCUT2D eigenvalue weighted by Crippen LogP contribution is -2.17. The zero-order valence-electron chi connectivity index (χ0n) is 19.2. The molecule has 0 fully saturated rings. The minimum Gasteiger partial charge on any atom is -0.379 e. The molecule has 0 aromatic heterocycles. The van der Waals surface area contributed by atoms with E-state index in [1.807, 2.05) is 27.7 Å². The minimum atomic E-state index is -1.12. The number of carbonyl (C=O) groups is 2. The fourth-order valence-electron chi connectivity index (χ4n) is 2.25. The SMILES string of the molecule is CC(C)OCC(=O)CCCOCCOCCOCCOCC(F)CCC(=O)C(C)C. The molecule has 0 aromatic carbocycles. The Morgan fingerprint density at radius 1 is 0.767 bits per heavy atom. The molecule has 1 unspecified atom stereocenters. The van der Waals surface area contributed by atoms with Crippen molar-refractivity contribution in [1.29, 1.82) is 0 Å². The molecular weight excluding hydrogens is 395 g/mol. The molecule has 0 rings (SSSR count). The van der Waals surface area contributed by atoms with Crippen molar-refractivity contribution in [3.8, 4) is 0 Å². The first kappa shape index (κ1) is 29.1. The molecule has 0 N–H and O–H groups in total. The number of hydrogen-bond donors (Lipinski definition) is 0. The van der Waals surface area contributed by atoms with Crippen molar-refractivity contribution in [2.45, 2.75) is 65.7 Å². The average Bonchev–Trinajstić information content (AvgIpc) is 2.70. The van der Waals surface area contributed by atoms with Gasteiger partial charge in [-0.05, 0) is 26.7 Å². The van der Waals surface area contributed by atoms with Crippen LogP contribution in [0.3, 0.4) is 0 Å². The summed E-state index contributed by atoms with van der Waals surface area (Å²) in [5.74, 6) is 0.118. The van der Waals surface area contributed by atoms with Gasteiger partial charge in [0.2, 0.25) is 0 Å². The second-order valence-corrected chi connectivity index (χ2v) is 7.67. The van der Waals surface area contributed by atoms with Gasteiger partial charge in [0.05, 0.1) is 52.4 Å². The van der Waals surface area contributed by atoms with E-state index in [9.17, 15) is 14.0 Å². The highest BCUT2D eigenvalue weighted by Gasteiger charge is 2.12. The number of rotatable bonds is 22. The van der Waals surface area contributed by atoms with E-state index in [1.165, 1.54) is 0 Å². The van der Waals surface area contributed by atoms with E-state index < -0.39 is 6.17 Å². The highest BCUT2D eigenvalue weighted by molar-refractivity contribution is 5.80. The van der Waals surface area contributed by atoms with Crippen LogP contribution in [0.1, 0.15) is 53.4 Å². The molecule has 30 heavy (non-hydrogen) atoms. The summed E-state index contributed by atoms with van der Waals surface area (Å²) in [6.07, 6.45) is 0.545. The Hall–Kier alpha value is -0.930. The fourth-order valence-corrected chi connectivity index (χ4v) is 2.25. The van der Waals surface area contributed by atoms with Gasteiger partial charge in [0.15, 0.2) is 5.78 Å². The van der Waals surface area contributed by atoms with Gasteiger partial charge in [0.1, 0.15) is 18.6 Å². The number of Topliss-reactive ketones (excluding diaryl/α,β-unsaturated/α-hetero) is 2. The molecule has 0 bridgehead atoms. The number of carbonyl (C=O) groups excluding carboxylic acids is 2. The van der Waals surface area contributed by atoms with Gasteiger partial charge in [0.25, 0.3) is 0 Å². The van der Waals surface area contributed by atoms with Crippen molar-refractivity contribution in [3.05, 3.63) is 0 Å². The molecule has 7 nitrogen and oxygen atoms in total. The largest absolute Gasteiger partial charge is 0.379 e. The molecule has 0 aromatic rings. The molecule has 0 aliphatic carbocycles. The van der Waals surface area contributed by atoms with Crippen molar-refractivity contribution < 1.29 is 37.7 Å². The third kappa shape index (κ3) is 20.3. The number of ether oxygens (including phenoxy) is 5. The molecule has 178 valence electrons. The summed E-state index contributed by atoms with van der Waals surface area (Å²) in [5, 5.41) is 0. The van der Waals surface area contributed by atoms with Gasteiger partial charge in [-0.25, -0.2) is 4.39 Å². The molecule has 0 radical (unpaired) electrons. The lowest BCUT2D eigenvalue weighted by molar-refractivity contribution is -0.125. The molecule has 0 saturated carbocycles. The molecule has 0 heterocycles. The quantitative estimate of drug-likeness (QED) is 0.241. The molecule has 1 atom stereocenters. The van der Waals surface area contributed by atoms with E-state index in [0.717, 1.165) is 0 Å². The smallest absolute Gasteiger partial charge is 0.158 e. The van der Waals surface area contributed by atoms with E-state index in [4.69, 9.17) is 23.7 Å². The number of hydrogen-bond acceptors (Lipinski definition) is 7. The van der Waals surface area contributed by atoms with Crippen LogP contribution in [0, 0.1) is 5.92 Å². The van der Waals surface area contributed by atoms with Gasteiger partial charge in [-0.1, -0.05) is 13.8 Å². The first-order chi connectivity index (χ1) is 14.3. The first-order valence-corrected chi connectivity index (χ1v) is 10.9. The van der Waals surface area contributed by atoms with Crippen molar-refractivity contribution in [3.63, 3.8) is 0 Å². The van der Waals surface area contributed by atoms with Gasteiger partial charge < -0.3 is 23.7 Å². The summed E-state index contributed by atoms with van der Waals surface area (Å²) in [6.45, 7) is 10.6. The summed E-state index contributed by atoms with van der Waals surface area (Å²) >= 11 is 0. The van der Waals surface area contributed by atoms with Gasteiger partial charge >= 0.3 is 0 Å². The van der Waals surface area contributed by atoms with Gasteiger partial charge in [0, 0.05) is 25.4 Å². The number of alkyl halides is 1. The van der Waals surface area contributed by atoms with E-state index in [2.05, 4.69) is 0 Å². The molecule has 0 spiro atoms. The van der Waals surface area contributed by atoms with Crippen LogP contribution in [0.15, 0.2) is 0 Å². The van der Waals surface area contributed by atoms with E-state index in [-0.39, 0.29) is 49.6 Å². The Balaban J connectivity index is 3.26. The predicted octanol–water partition coefficient (Wildman–Crippen LogP) is 3.17. The van der Waals surface area contributed by atoms with Crippen LogP contribution in [0.2, 0.25) is 0 Å². The molecular formula is C22H41FO7. The highest BCUT2D eigenvalue weighted by atomic mass is 19.1. The fraction of sp³-hybridized carbons (Fsp3) is 0.909. The summed E-state index contributed by atoms with van der Waals surface area (Å²) < 4.78 is 40.2. The first-order valence-electron chi connectivity index (χ1n) is 10.9.